The summed E-state index contributed by atoms with van der Waals surface area (Å²) in [7, 11) is 0. The Balaban J connectivity index is 1.46. The number of nitrogens with zero attached hydrogens (tertiary/aromatic N) is 5. The summed E-state index contributed by atoms with van der Waals surface area (Å²) in [6, 6.07) is 6.82. The van der Waals surface area contributed by atoms with Crippen LogP contribution in [-0.4, -0.2) is 59.0 Å². The molecule has 0 bridgehead atoms. The van der Waals surface area contributed by atoms with Crippen molar-refractivity contribution in [2.24, 2.45) is 0 Å². The first-order chi connectivity index (χ1) is 13.1. The van der Waals surface area contributed by atoms with Crippen LogP contribution in [0.15, 0.2) is 24.5 Å². The van der Waals surface area contributed by atoms with Gasteiger partial charge in [-0.3, -0.25) is 4.90 Å². The van der Waals surface area contributed by atoms with Gasteiger partial charge in [-0.15, -0.1) is 0 Å². The average Bonchev–Trinajstić information content (AvgIpc) is 2.70. The first-order valence-corrected chi connectivity index (χ1v) is 10.2. The van der Waals surface area contributed by atoms with Crippen molar-refractivity contribution in [1.29, 1.82) is 0 Å². The molecule has 2 aliphatic heterocycles. The summed E-state index contributed by atoms with van der Waals surface area (Å²) < 4.78 is 0. The van der Waals surface area contributed by atoms with Crippen LogP contribution >= 0.6 is 0 Å². The molecule has 0 aliphatic carbocycles. The lowest BCUT2D eigenvalue weighted by atomic mass is 10.0. The molecule has 5 heteroatoms. The summed E-state index contributed by atoms with van der Waals surface area (Å²) in [6.45, 7) is 15.2. The highest BCUT2D eigenvalue weighted by Crippen LogP contribution is 2.27. The summed E-state index contributed by atoms with van der Waals surface area (Å²) >= 11 is 0. The topological polar surface area (TPSA) is 35.5 Å². The van der Waals surface area contributed by atoms with E-state index in [1.165, 1.54) is 33.8 Å². The van der Waals surface area contributed by atoms with Crippen LogP contribution in [0, 0.1) is 13.8 Å². The van der Waals surface area contributed by atoms with Crippen molar-refractivity contribution < 1.29 is 0 Å². The van der Waals surface area contributed by atoms with Gasteiger partial charge in [0, 0.05) is 51.4 Å². The lowest BCUT2D eigenvalue weighted by molar-refractivity contribution is 0.240. The molecule has 1 fully saturated rings. The van der Waals surface area contributed by atoms with Crippen LogP contribution in [0.5, 0.6) is 0 Å². The van der Waals surface area contributed by atoms with Gasteiger partial charge in [-0.2, -0.15) is 0 Å². The fourth-order valence-electron chi connectivity index (χ4n) is 4.23. The third-order valence-electron chi connectivity index (χ3n) is 6.16. The SMILES string of the molecule is CCN1CCN(c2ncnc3c2CCN(Cc2ccc(C)c(C)c2)C3)CC1. The standard InChI is InChI=1S/C22H31N5/c1-4-25-9-11-27(12-10-25)22-20-7-8-26(15-21(20)23-16-24-22)14-19-6-5-17(2)18(3)13-19/h5-6,13,16H,4,7-12,14-15H2,1-3H3. The number of aryl methyl sites for hydroxylation is 2. The molecular weight excluding hydrogens is 334 g/mol. The van der Waals surface area contributed by atoms with E-state index in [0.717, 1.165) is 58.8 Å². The Morgan fingerprint density at radius 1 is 0.926 bits per heavy atom. The van der Waals surface area contributed by atoms with Gasteiger partial charge in [0.05, 0.1) is 5.69 Å². The second-order valence-electron chi connectivity index (χ2n) is 7.92. The fourth-order valence-corrected chi connectivity index (χ4v) is 4.23. The highest BCUT2D eigenvalue weighted by molar-refractivity contribution is 5.50. The van der Waals surface area contributed by atoms with Gasteiger partial charge in [0.2, 0.25) is 0 Å². The van der Waals surface area contributed by atoms with Crippen molar-refractivity contribution in [3.8, 4) is 0 Å². The molecule has 144 valence electrons. The van der Waals surface area contributed by atoms with Crippen LogP contribution < -0.4 is 4.90 Å². The van der Waals surface area contributed by atoms with Crippen LogP contribution in [0.25, 0.3) is 0 Å². The Morgan fingerprint density at radius 2 is 1.74 bits per heavy atom. The van der Waals surface area contributed by atoms with E-state index < -0.39 is 0 Å². The number of hydrogen-bond donors (Lipinski definition) is 0. The van der Waals surface area contributed by atoms with Crippen LogP contribution in [0.3, 0.4) is 0 Å². The number of likely N-dealkylation sites (N-methyl/N-ethyl adjacent to an activating group) is 1. The number of hydrogen-bond acceptors (Lipinski definition) is 5. The monoisotopic (exact) mass is 365 g/mol. The van der Waals surface area contributed by atoms with Crippen molar-refractivity contribution in [3.63, 3.8) is 0 Å². The minimum Gasteiger partial charge on any atom is -0.354 e. The number of rotatable bonds is 4. The number of aromatic nitrogens is 2. The zero-order valence-corrected chi connectivity index (χ0v) is 16.9. The van der Waals surface area contributed by atoms with Gasteiger partial charge >= 0.3 is 0 Å². The molecule has 0 amide bonds. The largest absolute Gasteiger partial charge is 0.354 e. The van der Waals surface area contributed by atoms with Crippen molar-refractivity contribution in [3.05, 3.63) is 52.5 Å². The summed E-state index contributed by atoms with van der Waals surface area (Å²) in [5.74, 6) is 1.18. The van der Waals surface area contributed by atoms with E-state index in [4.69, 9.17) is 0 Å². The molecule has 3 heterocycles. The van der Waals surface area contributed by atoms with Crippen LogP contribution in [-0.2, 0) is 19.5 Å². The average molecular weight is 366 g/mol. The second kappa shape index (κ2) is 7.95. The normalized spacial score (nSPS) is 18.6. The first kappa shape index (κ1) is 18.4. The Morgan fingerprint density at radius 3 is 2.48 bits per heavy atom. The molecule has 2 aliphatic rings. The Bertz CT molecular complexity index is 795. The molecule has 0 unspecified atom stereocenters. The van der Waals surface area contributed by atoms with Crippen LogP contribution in [0.2, 0.25) is 0 Å². The summed E-state index contributed by atoms with van der Waals surface area (Å²) in [5, 5.41) is 0. The van der Waals surface area contributed by atoms with Crippen molar-refractivity contribution in [2.75, 3.05) is 44.2 Å². The number of fused-ring (bicyclic) bond motifs is 1. The molecule has 0 atom stereocenters. The number of piperazine rings is 1. The molecule has 0 spiro atoms. The summed E-state index contributed by atoms with van der Waals surface area (Å²) in [5.41, 5.74) is 6.72. The maximum absolute atomic E-state index is 4.67. The summed E-state index contributed by atoms with van der Waals surface area (Å²) in [6.07, 6.45) is 2.81. The zero-order chi connectivity index (χ0) is 18.8. The maximum atomic E-state index is 4.67. The van der Waals surface area contributed by atoms with Gasteiger partial charge < -0.3 is 9.80 Å². The van der Waals surface area contributed by atoms with Gasteiger partial charge in [0.25, 0.3) is 0 Å². The Labute approximate surface area is 163 Å². The third kappa shape index (κ3) is 3.99. The van der Waals surface area contributed by atoms with E-state index >= 15 is 0 Å². The Hall–Kier alpha value is -1.98. The molecule has 1 aromatic carbocycles. The molecule has 5 nitrogen and oxygen atoms in total. The molecule has 1 aromatic heterocycles. The molecule has 0 saturated carbocycles. The highest BCUT2D eigenvalue weighted by Gasteiger charge is 2.25. The number of anilines is 1. The van der Waals surface area contributed by atoms with E-state index in [1.807, 2.05) is 0 Å². The molecule has 27 heavy (non-hydrogen) atoms. The maximum Gasteiger partial charge on any atom is 0.135 e. The van der Waals surface area contributed by atoms with Gasteiger partial charge in [-0.1, -0.05) is 25.1 Å². The minimum absolute atomic E-state index is 0.923. The third-order valence-corrected chi connectivity index (χ3v) is 6.16. The number of benzene rings is 1. The van der Waals surface area contributed by atoms with Gasteiger partial charge in [0.15, 0.2) is 0 Å². The minimum atomic E-state index is 0.923. The van der Waals surface area contributed by atoms with Crippen molar-refractivity contribution >= 4 is 5.82 Å². The summed E-state index contributed by atoms with van der Waals surface area (Å²) in [4.78, 5) is 16.8. The molecule has 0 radical (unpaired) electrons. The van der Waals surface area contributed by atoms with Crippen molar-refractivity contribution in [1.82, 2.24) is 19.8 Å². The lowest BCUT2D eigenvalue weighted by Crippen LogP contribution is -2.47. The van der Waals surface area contributed by atoms with Gasteiger partial charge in [-0.05, 0) is 43.5 Å². The van der Waals surface area contributed by atoms with E-state index in [9.17, 15) is 0 Å². The van der Waals surface area contributed by atoms with Gasteiger partial charge in [0.1, 0.15) is 12.1 Å². The zero-order valence-electron chi connectivity index (χ0n) is 16.9. The van der Waals surface area contributed by atoms with Crippen molar-refractivity contribution in [2.45, 2.75) is 40.3 Å². The molecule has 1 saturated heterocycles. The van der Waals surface area contributed by atoms with E-state index in [-0.39, 0.29) is 0 Å². The van der Waals surface area contributed by atoms with Crippen LogP contribution in [0.4, 0.5) is 5.82 Å². The molecule has 4 rings (SSSR count). The van der Waals surface area contributed by atoms with E-state index in [0.29, 0.717) is 0 Å². The predicted molar refractivity (Wildman–Crippen MR) is 110 cm³/mol. The predicted octanol–water partition coefficient (Wildman–Crippen LogP) is 2.79. The fraction of sp³-hybridized carbons (Fsp3) is 0.545. The van der Waals surface area contributed by atoms with Crippen LogP contribution in [0.1, 0.15) is 34.9 Å². The molecular formula is C22H31N5. The Kier molecular flexibility index (Phi) is 5.41. The molecule has 2 aromatic rings. The van der Waals surface area contributed by atoms with E-state index in [1.54, 1.807) is 6.33 Å². The molecule has 0 N–H and O–H groups in total. The quantitative estimate of drug-likeness (QED) is 0.833. The lowest BCUT2D eigenvalue weighted by Gasteiger charge is -2.37. The highest BCUT2D eigenvalue weighted by atomic mass is 15.3. The second-order valence-corrected chi connectivity index (χ2v) is 7.92. The van der Waals surface area contributed by atoms with E-state index in [2.05, 4.69) is 63.6 Å². The van der Waals surface area contributed by atoms with Gasteiger partial charge in [-0.25, -0.2) is 9.97 Å². The first-order valence-electron chi connectivity index (χ1n) is 10.2. The smallest absolute Gasteiger partial charge is 0.135 e.